The van der Waals surface area contributed by atoms with Crippen molar-refractivity contribution in [2.45, 2.75) is 46.1 Å². The van der Waals surface area contributed by atoms with Gasteiger partial charge in [-0.25, -0.2) is 0 Å². The molecule has 2 N–H and O–H groups in total. The maximum absolute atomic E-state index is 11.6. The van der Waals surface area contributed by atoms with E-state index in [-0.39, 0.29) is 19.8 Å². The molecule has 0 aliphatic carbocycles. The van der Waals surface area contributed by atoms with E-state index in [1.54, 1.807) is 0 Å². The Morgan fingerprint density at radius 1 is 1.41 bits per heavy atom. The van der Waals surface area contributed by atoms with Crippen LogP contribution in [-0.4, -0.2) is 18.6 Å². The predicted octanol–water partition coefficient (Wildman–Crippen LogP) is 2.57. The second-order valence-corrected chi connectivity index (χ2v) is 4.72. The van der Waals surface area contributed by atoms with Crippen molar-refractivity contribution in [2.75, 3.05) is 6.61 Å². The molecule has 0 aromatic carbocycles. The van der Waals surface area contributed by atoms with E-state index in [1.807, 2.05) is 6.92 Å². The number of rotatable bonds is 7. The van der Waals surface area contributed by atoms with Gasteiger partial charge in [0.25, 0.3) is 0 Å². The van der Waals surface area contributed by atoms with Crippen LogP contribution < -0.4 is 5.73 Å². The van der Waals surface area contributed by atoms with E-state index in [4.69, 9.17) is 10.5 Å². The van der Waals surface area contributed by atoms with Crippen molar-refractivity contribution in [3.8, 4) is 5.63 Å². The predicted molar refractivity (Wildman–Crippen MR) is 68.3 cm³/mol. The van der Waals surface area contributed by atoms with Crippen LogP contribution in [0.2, 0.25) is 0 Å². The van der Waals surface area contributed by atoms with Crippen LogP contribution >= 0.6 is 7.92 Å². The first-order chi connectivity index (χ1) is 8.04. The van der Waals surface area contributed by atoms with Crippen LogP contribution in [0, 0.1) is 17.5 Å². The van der Waals surface area contributed by atoms with Crippen LogP contribution in [0.4, 0.5) is 0 Å². The fourth-order valence-electron chi connectivity index (χ4n) is 1.45. The van der Waals surface area contributed by atoms with Gasteiger partial charge in [-0.15, -0.1) is 0 Å². The van der Waals surface area contributed by atoms with Crippen LogP contribution in [0.25, 0.3) is 0 Å². The number of nitrogens with two attached hydrogens (primary N) is 1. The molecule has 1 unspecified atom stereocenters. The van der Waals surface area contributed by atoms with E-state index in [9.17, 15) is 9.36 Å². The molecule has 0 aromatic heterocycles. The minimum atomic E-state index is -0.659. The van der Waals surface area contributed by atoms with Gasteiger partial charge in [0.05, 0.1) is 0 Å². The van der Waals surface area contributed by atoms with Gasteiger partial charge in [0.1, 0.15) is 0 Å². The first-order valence-electron chi connectivity index (χ1n) is 6.05. The molecule has 0 aliphatic rings. The molecular formula is C12H22NO3P. The van der Waals surface area contributed by atoms with Crippen molar-refractivity contribution in [1.29, 1.82) is 0 Å². The topological polar surface area (TPSA) is 69.4 Å². The summed E-state index contributed by atoms with van der Waals surface area (Å²) >= 11 is 0. The summed E-state index contributed by atoms with van der Waals surface area (Å²) in [7, 11) is -0.149. The molecule has 0 aromatic rings. The summed E-state index contributed by atoms with van der Waals surface area (Å²) in [6, 6.07) is -0.659. The molecule has 0 amide bonds. The fourth-order valence-corrected chi connectivity index (χ4v) is 1.74. The van der Waals surface area contributed by atoms with Crippen molar-refractivity contribution in [2.24, 2.45) is 17.6 Å². The zero-order valence-electron chi connectivity index (χ0n) is 10.8. The van der Waals surface area contributed by atoms with Gasteiger partial charge in [-0.1, -0.05) is 0 Å². The van der Waals surface area contributed by atoms with Crippen LogP contribution in [0.5, 0.6) is 0 Å². The molecule has 0 heterocycles. The monoisotopic (exact) mass is 259 g/mol. The summed E-state index contributed by atoms with van der Waals surface area (Å²) in [6.07, 6.45) is 2.40. The quantitative estimate of drug-likeness (QED) is 0.563. The van der Waals surface area contributed by atoms with Gasteiger partial charge in [0.2, 0.25) is 0 Å². The van der Waals surface area contributed by atoms with Crippen LogP contribution in [-0.2, 0) is 14.1 Å². The molecule has 2 atom stereocenters. The van der Waals surface area contributed by atoms with Gasteiger partial charge in [0.15, 0.2) is 0 Å². The molecule has 17 heavy (non-hydrogen) atoms. The molecule has 0 bridgehead atoms. The molecule has 0 saturated heterocycles. The van der Waals surface area contributed by atoms with Crippen LogP contribution in [0.15, 0.2) is 0 Å². The fraction of sp³-hybridized carbons (Fsp3) is 0.833. The van der Waals surface area contributed by atoms with Gasteiger partial charge >= 0.3 is 104 Å². The SMILES string of the molecule is CCC(CC)COC(=O)[C@@H](N)CC(C)C#P=O. The molecule has 0 fully saturated rings. The molecular weight excluding hydrogens is 237 g/mol. The average molecular weight is 259 g/mol. The Kier molecular flexibility index (Phi) is 9.16. The Hall–Kier alpha value is -0.560. The van der Waals surface area contributed by atoms with Crippen LogP contribution in [0.3, 0.4) is 0 Å². The van der Waals surface area contributed by atoms with E-state index >= 15 is 0 Å². The first kappa shape index (κ1) is 16.4. The second kappa shape index (κ2) is 9.47. The van der Waals surface area contributed by atoms with Crippen LogP contribution in [0.1, 0.15) is 40.0 Å². The number of carbonyl (C=O) groups excluding carboxylic acids is 1. The van der Waals surface area contributed by atoms with Gasteiger partial charge in [0, 0.05) is 0 Å². The van der Waals surface area contributed by atoms with Gasteiger partial charge in [-0.2, -0.15) is 0 Å². The maximum atomic E-state index is 11.6. The zero-order valence-corrected chi connectivity index (χ0v) is 11.7. The summed E-state index contributed by atoms with van der Waals surface area (Å²) in [4.78, 5) is 11.6. The summed E-state index contributed by atoms with van der Waals surface area (Å²) in [5, 5.41) is 0. The average Bonchev–Trinajstić information content (AvgIpc) is 2.30. The molecule has 4 nitrogen and oxygen atoms in total. The summed E-state index contributed by atoms with van der Waals surface area (Å²) in [6.45, 7) is 6.39. The van der Waals surface area contributed by atoms with E-state index in [2.05, 4.69) is 19.5 Å². The molecule has 0 spiro atoms. The van der Waals surface area contributed by atoms with E-state index in [0.29, 0.717) is 18.9 Å². The molecule has 5 heteroatoms. The Labute approximate surface area is 104 Å². The Morgan fingerprint density at radius 2 is 2.00 bits per heavy atom. The van der Waals surface area contributed by atoms with Crippen molar-refractivity contribution in [3.05, 3.63) is 0 Å². The van der Waals surface area contributed by atoms with Crippen molar-refractivity contribution in [3.63, 3.8) is 0 Å². The summed E-state index contributed by atoms with van der Waals surface area (Å²) in [5.41, 5.74) is 8.35. The van der Waals surface area contributed by atoms with E-state index in [0.717, 1.165) is 12.8 Å². The van der Waals surface area contributed by atoms with Crippen molar-refractivity contribution in [1.82, 2.24) is 0 Å². The number of hydrogen-bond acceptors (Lipinski definition) is 4. The molecule has 98 valence electrons. The number of ether oxygens (including phenoxy) is 1. The zero-order chi connectivity index (χ0) is 13.3. The normalized spacial score (nSPS) is 13.9. The standard InChI is InChI=1S/C12H22NO3P/c1-4-10(5-2)7-16-12(14)11(13)6-9(3)8-17-15/h9-11H,4-7,13H2,1-3H3/t9?,11-/m0/s1. The first-order valence-corrected chi connectivity index (χ1v) is 6.86. The molecule has 0 rings (SSSR count). The van der Waals surface area contributed by atoms with Gasteiger partial charge in [-0.3, -0.25) is 0 Å². The molecule has 0 radical (unpaired) electrons. The Bertz CT molecular complexity index is 322. The Morgan fingerprint density at radius 3 is 2.47 bits per heavy atom. The third-order valence-electron chi connectivity index (χ3n) is 2.80. The Balaban J connectivity index is 4.03. The third kappa shape index (κ3) is 7.38. The number of carbonyl (C=O) groups is 1. The minimum absolute atomic E-state index is 0.0788. The van der Waals surface area contributed by atoms with Crippen molar-refractivity contribution >= 4 is 13.9 Å². The summed E-state index contributed by atoms with van der Waals surface area (Å²) in [5.74, 6) is -0.0557. The summed E-state index contributed by atoms with van der Waals surface area (Å²) < 4.78 is 15.4. The second-order valence-electron chi connectivity index (χ2n) is 4.28. The van der Waals surface area contributed by atoms with Gasteiger partial charge < -0.3 is 0 Å². The third-order valence-corrected chi connectivity index (χ3v) is 3.35. The molecule has 0 aliphatic heterocycles. The number of hydrogen-bond donors (Lipinski definition) is 1. The number of esters is 1. The van der Waals surface area contributed by atoms with Gasteiger partial charge in [-0.05, 0) is 0 Å². The van der Waals surface area contributed by atoms with E-state index < -0.39 is 6.04 Å². The van der Waals surface area contributed by atoms with E-state index in [1.165, 1.54) is 0 Å². The molecule has 0 saturated carbocycles. The van der Waals surface area contributed by atoms with Crippen molar-refractivity contribution < 1.29 is 14.1 Å².